The summed E-state index contributed by atoms with van der Waals surface area (Å²) in [5.74, 6) is -0.478. The zero-order valence-electron chi connectivity index (χ0n) is 15.5. The third kappa shape index (κ3) is 5.24. The molecule has 1 unspecified atom stereocenters. The van der Waals surface area contributed by atoms with E-state index in [1.165, 1.54) is 24.3 Å². The van der Waals surface area contributed by atoms with Gasteiger partial charge in [-0.2, -0.15) is 0 Å². The Kier molecular flexibility index (Phi) is 6.71. The topological polar surface area (TPSA) is 69.0 Å². The van der Waals surface area contributed by atoms with E-state index in [0.717, 1.165) is 17.8 Å². The maximum atomic E-state index is 13.6. The molecule has 29 heavy (non-hydrogen) atoms. The van der Waals surface area contributed by atoms with Gasteiger partial charge in [-0.15, -0.1) is 10.2 Å². The maximum absolute atomic E-state index is 13.6. The van der Waals surface area contributed by atoms with Gasteiger partial charge in [0.15, 0.2) is 17.1 Å². The summed E-state index contributed by atoms with van der Waals surface area (Å²) in [7, 11) is 1.73. The number of benzene rings is 2. The number of amides is 1. The number of thioether (sulfide) groups is 1. The van der Waals surface area contributed by atoms with E-state index in [-0.39, 0.29) is 22.4 Å². The number of ether oxygens (including phenoxy) is 1. The van der Waals surface area contributed by atoms with E-state index < -0.39 is 17.7 Å². The van der Waals surface area contributed by atoms with Crippen LogP contribution in [0.3, 0.4) is 0 Å². The Morgan fingerprint density at radius 2 is 2.03 bits per heavy atom. The van der Waals surface area contributed by atoms with Gasteiger partial charge in [-0.05, 0) is 37.3 Å². The van der Waals surface area contributed by atoms with Crippen LogP contribution in [0.2, 0.25) is 5.02 Å². The van der Waals surface area contributed by atoms with E-state index >= 15 is 0 Å². The molecule has 0 aliphatic heterocycles. The highest BCUT2D eigenvalue weighted by atomic mass is 35.5. The molecule has 6 nitrogen and oxygen atoms in total. The molecule has 0 aliphatic rings. The lowest BCUT2D eigenvalue weighted by Gasteiger charge is -2.15. The first kappa shape index (κ1) is 21.1. The lowest BCUT2D eigenvalue weighted by Crippen LogP contribution is -2.15. The number of hydrogen-bond donors (Lipinski definition) is 1. The molecule has 0 fully saturated rings. The molecule has 2 aromatic carbocycles. The second-order valence-corrected chi connectivity index (χ2v) is 7.40. The molecule has 152 valence electrons. The molecule has 1 N–H and O–H groups in total. The number of halogens is 3. The average Bonchev–Trinajstić information content (AvgIpc) is 3.05. The molecule has 1 heterocycles. The minimum atomic E-state index is -0.517. The standard InChI is InChI=1S/C19H17ClF2N4O2S/c1-11(28-16-8-7-12(21)9-13(16)20)18-24-25-19(26(18)2)29-10-17(27)23-15-6-4-3-5-14(15)22/h3-9,11H,10H2,1-2H3,(H,23,27). The molecule has 0 spiro atoms. The van der Waals surface area contributed by atoms with Gasteiger partial charge in [-0.3, -0.25) is 4.79 Å². The predicted octanol–water partition coefficient (Wildman–Crippen LogP) is 4.62. The highest BCUT2D eigenvalue weighted by molar-refractivity contribution is 7.99. The third-order valence-electron chi connectivity index (χ3n) is 3.91. The van der Waals surface area contributed by atoms with Crippen molar-refractivity contribution in [2.45, 2.75) is 18.2 Å². The Morgan fingerprint density at radius 3 is 2.76 bits per heavy atom. The molecule has 0 saturated carbocycles. The van der Waals surface area contributed by atoms with Crippen LogP contribution >= 0.6 is 23.4 Å². The molecule has 0 aliphatic carbocycles. The summed E-state index contributed by atoms with van der Waals surface area (Å²) < 4.78 is 34.2. The van der Waals surface area contributed by atoms with Crippen molar-refractivity contribution in [3.8, 4) is 5.75 Å². The number of anilines is 1. The van der Waals surface area contributed by atoms with Gasteiger partial charge >= 0.3 is 0 Å². The van der Waals surface area contributed by atoms with Crippen LogP contribution < -0.4 is 10.1 Å². The second kappa shape index (κ2) is 9.23. The number of rotatable bonds is 7. The van der Waals surface area contributed by atoms with E-state index in [9.17, 15) is 13.6 Å². The predicted molar refractivity (Wildman–Crippen MR) is 107 cm³/mol. The Hall–Kier alpha value is -2.65. The fourth-order valence-electron chi connectivity index (χ4n) is 2.50. The lowest BCUT2D eigenvalue weighted by atomic mass is 10.3. The van der Waals surface area contributed by atoms with Gasteiger partial charge in [-0.1, -0.05) is 35.5 Å². The van der Waals surface area contributed by atoms with Crippen LogP contribution in [0.4, 0.5) is 14.5 Å². The van der Waals surface area contributed by atoms with Crippen LogP contribution in [0.25, 0.3) is 0 Å². The summed E-state index contributed by atoms with van der Waals surface area (Å²) in [5, 5.41) is 11.3. The molecule has 0 bridgehead atoms. The SMILES string of the molecule is CC(Oc1ccc(F)cc1Cl)c1nnc(SCC(=O)Nc2ccccc2F)n1C. The van der Waals surface area contributed by atoms with Crippen molar-refractivity contribution in [2.75, 3.05) is 11.1 Å². The fraction of sp³-hybridized carbons (Fsp3) is 0.211. The molecule has 1 aromatic heterocycles. The Bertz CT molecular complexity index is 1030. The number of hydrogen-bond acceptors (Lipinski definition) is 5. The number of carbonyl (C=O) groups excluding carboxylic acids is 1. The first-order valence-corrected chi connectivity index (χ1v) is 9.89. The average molecular weight is 439 g/mol. The number of para-hydroxylation sites is 1. The van der Waals surface area contributed by atoms with Crippen molar-refractivity contribution in [1.29, 1.82) is 0 Å². The maximum Gasteiger partial charge on any atom is 0.234 e. The lowest BCUT2D eigenvalue weighted by molar-refractivity contribution is -0.113. The largest absolute Gasteiger partial charge is 0.481 e. The van der Waals surface area contributed by atoms with Gasteiger partial charge in [-0.25, -0.2) is 8.78 Å². The van der Waals surface area contributed by atoms with E-state index in [0.29, 0.717) is 16.7 Å². The van der Waals surface area contributed by atoms with E-state index in [2.05, 4.69) is 15.5 Å². The van der Waals surface area contributed by atoms with Crippen LogP contribution in [-0.4, -0.2) is 26.4 Å². The highest BCUT2D eigenvalue weighted by Gasteiger charge is 2.19. The minimum absolute atomic E-state index is 0.0271. The molecule has 3 rings (SSSR count). The first-order chi connectivity index (χ1) is 13.8. The van der Waals surface area contributed by atoms with E-state index in [4.69, 9.17) is 16.3 Å². The minimum Gasteiger partial charge on any atom is -0.481 e. The van der Waals surface area contributed by atoms with Gasteiger partial charge in [0, 0.05) is 7.05 Å². The molecule has 10 heteroatoms. The molecule has 3 aromatic rings. The second-order valence-electron chi connectivity index (χ2n) is 6.05. The molecule has 1 amide bonds. The molecule has 0 saturated heterocycles. The smallest absolute Gasteiger partial charge is 0.234 e. The first-order valence-electron chi connectivity index (χ1n) is 8.53. The van der Waals surface area contributed by atoms with E-state index in [1.807, 2.05) is 0 Å². The monoisotopic (exact) mass is 438 g/mol. The normalized spacial score (nSPS) is 11.9. The van der Waals surface area contributed by atoms with Gasteiger partial charge in [0.25, 0.3) is 0 Å². The Labute approximate surface area is 175 Å². The van der Waals surface area contributed by atoms with Gasteiger partial charge in [0.2, 0.25) is 5.91 Å². The summed E-state index contributed by atoms with van der Waals surface area (Å²) in [6, 6.07) is 9.78. The van der Waals surface area contributed by atoms with Crippen LogP contribution in [0.15, 0.2) is 47.6 Å². The van der Waals surface area contributed by atoms with Crippen LogP contribution in [-0.2, 0) is 11.8 Å². The third-order valence-corrected chi connectivity index (χ3v) is 5.23. The van der Waals surface area contributed by atoms with Crippen molar-refractivity contribution < 1.29 is 18.3 Å². The zero-order valence-corrected chi connectivity index (χ0v) is 17.1. The van der Waals surface area contributed by atoms with Crippen molar-refractivity contribution in [3.05, 3.63) is 64.9 Å². The zero-order chi connectivity index (χ0) is 21.0. The number of aromatic nitrogens is 3. The summed E-state index contributed by atoms with van der Waals surface area (Å²) in [6.45, 7) is 1.75. The summed E-state index contributed by atoms with van der Waals surface area (Å²) >= 11 is 7.14. The Morgan fingerprint density at radius 1 is 1.28 bits per heavy atom. The number of nitrogens with zero attached hydrogens (tertiary/aromatic N) is 3. The Balaban J connectivity index is 1.61. The number of nitrogens with one attached hydrogen (secondary N) is 1. The van der Waals surface area contributed by atoms with Crippen molar-refractivity contribution >= 4 is 35.0 Å². The van der Waals surface area contributed by atoms with Crippen molar-refractivity contribution in [2.24, 2.45) is 7.05 Å². The fourth-order valence-corrected chi connectivity index (χ4v) is 3.43. The van der Waals surface area contributed by atoms with Crippen LogP contribution in [0.5, 0.6) is 5.75 Å². The van der Waals surface area contributed by atoms with E-state index in [1.54, 1.807) is 30.7 Å². The summed E-state index contributed by atoms with van der Waals surface area (Å²) in [5.41, 5.74) is 0.120. The van der Waals surface area contributed by atoms with Crippen molar-refractivity contribution in [1.82, 2.24) is 14.8 Å². The molecule has 1 atom stereocenters. The van der Waals surface area contributed by atoms with Crippen LogP contribution in [0, 0.1) is 11.6 Å². The van der Waals surface area contributed by atoms with Gasteiger partial charge in [0.1, 0.15) is 17.4 Å². The molecular weight excluding hydrogens is 422 g/mol. The summed E-state index contributed by atoms with van der Waals surface area (Å²) in [6.07, 6.45) is -0.517. The van der Waals surface area contributed by atoms with Gasteiger partial charge in [0.05, 0.1) is 16.5 Å². The number of carbonyl (C=O) groups is 1. The van der Waals surface area contributed by atoms with Crippen molar-refractivity contribution in [3.63, 3.8) is 0 Å². The summed E-state index contributed by atoms with van der Waals surface area (Å²) in [4.78, 5) is 12.1. The quantitative estimate of drug-likeness (QED) is 0.545. The highest BCUT2D eigenvalue weighted by Crippen LogP contribution is 2.30. The molecular formula is C19H17ClF2N4O2S. The molecule has 0 radical (unpaired) electrons. The van der Waals surface area contributed by atoms with Gasteiger partial charge < -0.3 is 14.6 Å². The van der Waals surface area contributed by atoms with Crippen LogP contribution in [0.1, 0.15) is 18.9 Å².